The average Bonchev–Trinajstić information content (AvgIpc) is 2.21. The number of hydrogen-bond acceptors (Lipinski definition) is 4. The van der Waals surface area contributed by atoms with E-state index in [1.54, 1.807) is 0 Å². The second-order valence-electron chi connectivity index (χ2n) is 5.88. The first-order valence-electron chi connectivity index (χ1n) is 6.42. The Morgan fingerprint density at radius 1 is 0.647 bits per heavy atom. The Kier molecular flexibility index (Phi) is 8.24. The van der Waals surface area contributed by atoms with Gasteiger partial charge in [0.05, 0.1) is 0 Å². The normalized spacial score (nSPS) is 13.1. The summed E-state index contributed by atoms with van der Waals surface area (Å²) in [5, 5.41) is 0. The molecule has 0 spiro atoms. The molecule has 0 aromatic rings. The zero-order chi connectivity index (χ0) is 13.5. The largest absolute Gasteiger partial charge is 0.432 e. The van der Waals surface area contributed by atoms with Crippen LogP contribution in [0.1, 0.15) is 0 Å². The molecule has 0 saturated heterocycles. The number of rotatable bonds is 9. The molecule has 0 rings (SSSR count). The predicted molar refractivity (Wildman–Crippen MR) is 78.1 cm³/mol. The molecule has 0 aliphatic carbocycles. The van der Waals surface area contributed by atoms with Crippen molar-refractivity contribution in [1.82, 2.24) is 14.7 Å². The molecule has 17 heavy (non-hydrogen) atoms. The third-order valence-electron chi connectivity index (χ3n) is 3.07. The van der Waals surface area contributed by atoms with Crippen LogP contribution in [0.25, 0.3) is 0 Å². The van der Waals surface area contributed by atoms with Crippen LogP contribution in [0.4, 0.5) is 0 Å². The fraction of sp³-hybridized carbons (Fsp3) is 1.00. The molecule has 0 aromatic carbocycles. The second kappa shape index (κ2) is 8.21. The van der Waals surface area contributed by atoms with E-state index in [9.17, 15) is 4.80 Å². The third kappa shape index (κ3) is 9.73. The van der Waals surface area contributed by atoms with Crippen LogP contribution in [0.5, 0.6) is 0 Å². The fourth-order valence-corrected chi connectivity index (χ4v) is 5.01. The highest BCUT2D eigenvalue weighted by molar-refractivity contribution is 6.72. The molecule has 4 nitrogen and oxygen atoms in total. The van der Waals surface area contributed by atoms with Crippen LogP contribution in [0, 0.1) is 0 Å². The molecule has 0 aromatic heterocycles. The van der Waals surface area contributed by atoms with Gasteiger partial charge in [-0.15, -0.1) is 0 Å². The van der Waals surface area contributed by atoms with Gasteiger partial charge in [0.15, 0.2) is 8.32 Å². The molecular formula is C12H31N3OSi. The van der Waals surface area contributed by atoms with Gasteiger partial charge in [0.25, 0.3) is 0 Å². The Balaban J connectivity index is 4.23. The summed E-state index contributed by atoms with van der Waals surface area (Å²) in [5.74, 6) is 0. The first kappa shape index (κ1) is 17.1. The lowest BCUT2D eigenvalue weighted by Crippen LogP contribution is -2.42. The number of nitrogens with zero attached hydrogens (tertiary/aromatic N) is 3. The third-order valence-corrected chi connectivity index (χ3v) is 6.54. The maximum Gasteiger partial charge on any atom is 0.192 e. The van der Waals surface area contributed by atoms with E-state index >= 15 is 0 Å². The molecule has 104 valence electrons. The SMILES string of the molecule is CN(C)CC[Si](O)(CCN(C)C)CCN(C)C. The average molecular weight is 261 g/mol. The smallest absolute Gasteiger partial charge is 0.192 e. The van der Waals surface area contributed by atoms with Crippen LogP contribution in [0.15, 0.2) is 0 Å². The van der Waals surface area contributed by atoms with Crippen LogP contribution >= 0.6 is 0 Å². The molecular weight excluding hydrogens is 230 g/mol. The minimum absolute atomic E-state index is 0.988. The van der Waals surface area contributed by atoms with E-state index in [0.717, 1.165) is 37.8 Å². The summed E-state index contributed by atoms with van der Waals surface area (Å²) in [4.78, 5) is 17.3. The molecule has 1 N–H and O–H groups in total. The fourth-order valence-electron chi connectivity index (χ4n) is 1.67. The van der Waals surface area contributed by atoms with Crippen molar-refractivity contribution in [2.75, 3.05) is 61.9 Å². The second-order valence-corrected chi connectivity index (χ2v) is 9.83. The van der Waals surface area contributed by atoms with Gasteiger partial charge in [0.2, 0.25) is 0 Å². The molecule has 0 radical (unpaired) electrons. The summed E-state index contributed by atoms with van der Waals surface area (Å²) in [7, 11) is 10.4. The minimum Gasteiger partial charge on any atom is -0.432 e. The van der Waals surface area contributed by atoms with Gasteiger partial charge in [-0.3, -0.25) is 0 Å². The highest BCUT2D eigenvalue weighted by Gasteiger charge is 2.30. The molecule has 0 bridgehead atoms. The van der Waals surface area contributed by atoms with E-state index in [0.29, 0.717) is 0 Å². The van der Waals surface area contributed by atoms with Gasteiger partial charge in [-0.2, -0.15) is 0 Å². The van der Waals surface area contributed by atoms with Crippen molar-refractivity contribution in [3.05, 3.63) is 0 Å². The summed E-state index contributed by atoms with van der Waals surface area (Å²) in [5.41, 5.74) is 0. The van der Waals surface area contributed by atoms with Gasteiger partial charge in [-0.25, -0.2) is 0 Å². The minimum atomic E-state index is -2.06. The number of hydrogen-bond donors (Lipinski definition) is 1. The van der Waals surface area contributed by atoms with Crippen molar-refractivity contribution in [3.63, 3.8) is 0 Å². The molecule has 0 saturated carbocycles. The monoisotopic (exact) mass is 261 g/mol. The van der Waals surface area contributed by atoms with Crippen molar-refractivity contribution < 1.29 is 4.80 Å². The lowest BCUT2D eigenvalue weighted by atomic mass is 10.6. The Hall–Kier alpha value is 0.0569. The summed E-state index contributed by atoms with van der Waals surface area (Å²) in [6.07, 6.45) is 0. The zero-order valence-electron chi connectivity index (χ0n) is 12.5. The highest BCUT2D eigenvalue weighted by Crippen LogP contribution is 2.18. The van der Waals surface area contributed by atoms with Crippen molar-refractivity contribution in [1.29, 1.82) is 0 Å². The Morgan fingerprint density at radius 2 is 0.882 bits per heavy atom. The van der Waals surface area contributed by atoms with E-state index in [2.05, 4.69) is 57.0 Å². The Bertz CT molecular complexity index is 167. The summed E-state index contributed by atoms with van der Waals surface area (Å²) < 4.78 is 0. The highest BCUT2D eigenvalue weighted by atomic mass is 28.4. The maximum absolute atomic E-state index is 10.8. The summed E-state index contributed by atoms with van der Waals surface area (Å²) in [6, 6.07) is 2.96. The molecule has 0 aliphatic heterocycles. The summed E-state index contributed by atoms with van der Waals surface area (Å²) in [6.45, 7) is 3.01. The van der Waals surface area contributed by atoms with Crippen LogP contribution in [-0.4, -0.2) is 89.7 Å². The molecule has 0 fully saturated rings. The van der Waals surface area contributed by atoms with E-state index in [1.807, 2.05) is 0 Å². The van der Waals surface area contributed by atoms with Gasteiger partial charge in [0.1, 0.15) is 0 Å². The van der Waals surface area contributed by atoms with Gasteiger partial charge in [-0.05, 0) is 80.1 Å². The summed E-state index contributed by atoms with van der Waals surface area (Å²) >= 11 is 0. The van der Waals surface area contributed by atoms with E-state index in [4.69, 9.17) is 0 Å². The van der Waals surface area contributed by atoms with Crippen LogP contribution in [0.3, 0.4) is 0 Å². The van der Waals surface area contributed by atoms with Gasteiger partial charge >= 0.3 is 0 Å². The molecule has 0 aliphatic rings. The standard InChI is InChI=1S/C12H31N3OSi/c1-13(2)7-10-17(16,11-8-14(3)4)12-9-15(5)6/h16H,7-12H2,1-6H3. The van der Waals surface area contributed by atoms with Gasteiger partial charge < -0.3 is 19.5 Å². The van der Waals surface area contributed by atoms with Gasteiger partial charge in [-0.1, -0.05) is 0 Å². The molecule has 0 amide bonds. The van der Waals surface area contributed by atoms with Crippen LogP contribution in [-0.2, 0) is 0 Å². The Morgan fingerprint density at radius 3 is 1.06 bits per heavy atom. The topological polar surface area (TPSA) is 30.0 Å². The molecule has 0 unspecified atom stereocenters. The molecule has 5 heteroatoms. The predicted octanol–water partition coefficient (Wildman–Crippen LogP) is 0.609. The van der Waals surface area contributed by atoms with E-state index in [-0.39, 0.29) is 0 Å². The first-order chi connectivity index (χ1) is 7.75. The quantitative estimate of drug-likeness (QED) is 0.616. The van der Waals surface area contributed by atoms with Crippen molar-refractivity contribution in [3.8, 4) is 0 Å². The van der Waals surface area contributed by atoms with Crippen molar-refractivity contribution in [2.24, 2.45) is 0 Å². The maximum atomic E-state index is 10.8. The van der Waals surface area contributed by atoms with E-state index in [1.165, 1.54) is 0 Å². The van der Waals surface area contributed by atoms with Gasteiger partial charge in [0, 0.05) is 0 Å². The Labute approximate surface area is 108 Å². The molecule has 0 atom stereocenters. The molecule has 0 heterocycles. The van der Waals surface area contributed by atoms with E-state index < -0.39 is 8.32 Å². The lowest BCUT2D eigenvalue weighted by molar-refractivity contribution is 0.382. The van der Waals surface area contributed by atoms with Crippen molar-refractivity contribution in [2.45, 2.75) is 18.1 Å². The van der Waals surface area contributed by atoms with Crippen LogP contribution in [0.2, 0.25) is 18.1 Å². The first-order valence-corrected chi connectivity index (χ1v) is 8.98. The van der Waals surface area contributed by atoms with Crippen molar-refractivity contribution >= 4 is 8.32 Å². The zero-order valence-corrected chi connectivity index (χ0v) is 13.5. The van der Waals surface area contributed by atoms with Crippen LogP contribution < -0.4 is 0 Å². The lowest BCUT2D eigenvalue weighted by Gasteiger charge is -2.29.